The molecule has 9 bridgehead atoms. The molecule has 77 heavy (non-hydrogen) atoms. The molecule has 13 nitrogen and oxygen atoms in total. The van der Waals surface area contributed by atoms with Crippen LogP contribution in [0.5, 0.6) is 11.5 Å². The molecule has 6 aliphatic carbocycles. The lowest BCUT2D eigenvalue weighted by Gasteiger charge is -2.69. The van der Waals surface area contributed by atoms with Gasteiger partial charge in [-0.2, -0.15) is 0 Å². The van der Waals surface area contributed by atoms with Crippen molar-refractivity contribution in [2.24, 2.45) is 40.9 Å². The monoisotopic (exact) mass is 1120 g/mol. The lowest BCUT2D eigenvalue weighted by molar-refractivity contribution is -0.381. The first-order valence-electron chi connectivity index (χ1n) is 28.7. The van der Waals surface area contributed by atoms with Gasteiger partial charge in [0.25, 0.3) is 0 Å². The smallest absolute Gasteiger partial charge is 0.343 e. The van der Waals surface area contributed by atoms with Crippen LogP contribution < -0.4 is 15.4 Å². The third-order valence-corrected chi connectivity index (χ3v) is 28.2. The maximum absolute atomic E-state index is 15.7. The first kappa shape index (κ1) is 51.2. The summed E-state index contributed by atoms with van der Waals surface area (Å²) >= 11 is 0. The van der Waals surface area contributed by atoms with Gasteiger partial charge in [-0.3, -0.25) is 0 Å². The molecule has 7 aliphatic heterocycles. The second kappa shape index (κ2) is 18.9. The molecule has 4 aromatic carbocycles. The number of rotatable bonds is 7. The number of esters is 1. The predicted molar refractivity (Wildman–Crippen MR) is 304 cm³/mol. The lowest BCUT2D eigenvalue weighted by Crippen LogP contribution is -2.80. The van der Waals surface area contributed by atoms with Crippen LogP contribution in [-0.4, -0.2) is 131 Å². The summed E-state index contributed by atoms with van der Waals surface area (Å²) in [4.78, 5) is 19.0. The molecule has 18 rings (SSSR count). The second-order valence-corrected chi connectivity index (χ2v) is 30.2. The number of aromatic nitrogens is 1. The highest BCUT2D eigenvalue weighted by molar-refractivity contribution is 8.78. The van der Waals surface area contributed by atoms with E-state index in [0.29, 0.717) is 42.8 Å². The molecule has 1 aromatic heterocycles. The van der Waals surface area contributed by atoms with Gasteiger partial charge in [0.15, 0.2) is 17.5 Å². The largest absolute Gasteiger partial charge is 0.508 e. The van der Waals surface area contributed by atoms with Crippen molar-refractivity contribution in [3.63, 3.8) is 0 Å². The van der Waals surface area contributed by atoms with Crippen LogP contribution in [0.3, 0.4) is 0 Å². The van der Waals surface area contributed by atoms with Crippen LogP contribution in [0.25, 0.3) is 32.4 Å². The minimum absolute atomic E-state index is 0.0992. The van der Waals surface area contributed by atoms with E-state index in [9.17, 15) is 30.6 Å². The van der Waals surface area contributed by atoms with E-state index < -0.39 is 83.1 Å². The summed E-state index contributed by atoms with van der Waals surface area (Å²) < 4.78 is 21.2. The summed E-state index contributed by atoms with van der Waals surface area (Å²) in [6.07, 6.45) is 4.56. The number of carbonyl (C=O) groups is 1. The van der Waals surface area contributed by atoms with E-state index in [1.165, 1.54) is 17.5 Å². The predicted octanol–water partition coefficient (Wildman–Crippen LogP) is 8.43. The number of ether oxygens (including phenoxy) is 3. The Morgan fingerprint density at radius 1 is 0.831 bits per heavy atom. The third kappa shape index (κ3) is 7.08. The number of phenolic OH excluding ortho intramolecular Hbond substituents is 1. The van der Waals surface area contributed by atoms with Gasteiger partial charge in [-0.15, -0.1) is 0 Å². The molecule has 9 N–H and O–H groups in total. The average Bonchev–Trinajstić information content (AvgIpc) is 4.36. The number of hydrogen-bond acceptors (Lipinski definition) is 16. The van der Waals surface area contributed by atoms with Gasteiger partial charge in [0, 0.05) is 69.2 Å². The van der Waals surface area contributed by atoms with Gasteiger partial charge in [0.2, 0.25) is 5.79 Å². The van der Waals surface area contributed by atoms with E-state index in [4.69, 9.17) is 14.2 Å². The van der Waals surface area contributed by atoms with E-state index in [1.807, 2.05) is 81.9 Å². The summed E-state index contributed by atoms with van der Waals surface area (Å²) in [5.41, 5.74) is -0.454. The van der Waals surface area contributed by atoms with E-state index in [0.717, 1.165) is 84.4 Å². The van der Waals surface area contributed by atoms with E-state index in [2.05, 4.69) is 39.9 Å². The first-order chi connectivity index (χ1) is 37.4. The van der Waals surface area contributed by atoms with Gasteiger partial charge in [0.1, 0.15) is 18.0 Å². The molecule has 410 valence electrons. The molecule has 17 heteroatoms. The lowest BCUT2D eigenvalue weighted by atomic mass is 9.40. The summed E-state index contributed by atoms with van der Waals surface area (Å²) in [5.74, 6) is -3.14. The maximum Gasteiger partial charge on any atom is 0.343 e. The van der Waals surface area contributed by atoms with E-state index in [1.54, 1.807) is 10.8 Å². The topological polar surface area (TPSA) is 206 Å². The number of aliphatic hydroxyl groups is 5. The van der Waals surface area contributed by atoms with Crippen molar-refractivity contribution >= 4 is 81.6 Å². The van der Waals surface area contributed by atoms with Gasteiger partial charge in [0.05, 0.1) is 35.4 Å². The molecule has 2 spiro atoms. The number of phenols is 1. The zero-order valence-corrected chi connectivity index (χ0v) is 46.6. The number of fused-ring (bicyclic) bond motifs is 4. The zero-order chi connectivity index (χ0) is 52.3. The molecular weight excluding hydrogens is 1050 g/mol. The summed E-state index contributed by atoms with van der Waals surface area (Å²) in [6.45, 7) is 0.104. The Bertz CT molecular complexity index is 3160. The van der Waals surface area contributed by atoms with Crippen LogP contribution in [0.1, 0.15) is 99.8 Å². The number of aromatic hydroxyl groups is 1. The first-order valence-corrected chi connectivity index (χ1v) is 33.4. The molecule has 13 aliphatic rings. The van der Waals surface area contributed by atoms with Crippen LogP contribution in [0.4, 0.5) is 0 Å². The molecule has 19 atom stereocenters. The highest BCUT2D eigenvalue weighted by Crippen LogP contribution is 2.78. The van der Waals surface area contributed by atoms with Crippen LogP contribution in [0, 0.1) is 40.9 Å². The summed E-state index contributed by atoms with van der Waals surface area (Å²) in [6, 6.07) is 22.4. The Morgan fingerprint density at radius 3 is 2.45 bits per heavy atom. The average molecular weight is 1120 g/mol. The van der Waals surface area contributed by atoms with Crippen LogP contribution in [-0.2, 0) is 26.3 Å². The van der Waals surface area contributed by atoms with Crippen molar-refractivity contribution < 1.29 is 49.6 Å². The highest BCUT2D eigenvalue weighted by Gasteiger charge is 2.84. The number of aliphatic hydroxyl groups excluding tert-OH is 3. The van der Waals surface area contributed by atoms with Crippen molar-refractivity contribution in [1.82, 2.24) is 15.6 Å². The van der Waals surface area contributed by atoms with Crippen molar-refractivity contribution in [2.75, 3.05) is 25.1 Å². The second-order valence-electron chi connectivity index (χ2n) is 24.9. The maximum atomic E-state index is 15.7. The van der Waals surface area contributed by atoms with Crippen LogP contribution >= 0.6 is 43.2 Å². The van der Waals surface area contributed by atoms with Crippen molar-refractivity contribution in [2.45, 2.75) is 159 Å². The molecule has 5 saturated carbocycles. The normalized spacial score (nSPS) is 43.0. The van der Waals surface area contributed by atoms with Gasteiger partial charge < -0.3 is 60.5 Å². The summed E-state index contributed by atoms with van der Waals surface area (Å²) in [5, 5.41) is 89.6. The zero-order valence-electron chi connectivity index (χ0n) is 43.4. The fourth-order valence-corrected chi connectivity index (χ4v) is 26.0. The Balaban J connectivity index is 0.930. The van der Waals surface area contributed by atoms with Crippen molar-refractivity contribution in [3.05, 3.63) is 83.6 Å². The fourth-order valence-electron chi connectivity index (χ4n) is 19.0. The number of H-pyrrole nitrogens is 1. The quantitative estimate of drug-likeness (QED) is 0.0426. The third-order valence-electron chi connectivity index (χ3n) is 22.1. The van der Waals surface area contributed by atoms with Crippen LogP contribution in [0.2, 0.25) is 0 Å². The number of nitrogens with one attached hydrogen (secondary N) is 3. The molecule has 5 aromatic rings. The van der Waals surface area contributed by atoms with Gasteiger partial charge in [-0.25, -0.2) is 4.79 Å². The minimum Gasteiger partial charge on any atom is -0.508 e. The van der Waals surface area contributed by atoms with Gasteiger partial charge in [-0.05, 0) is 152 Å². The Morgan fingerprint density at radius 2 is 1.64 bits per heavy atom. The number of aromatic amines is 1. The Kier molecular flexibility index (Phi) is 12.6. The SMILES string of the molecule is CNC1CSSC2CSSC(CNC3CCCCC3)C3CC4C5CC1C(O)C1(CCC6CCC7CC2c2cc(O)ccc2C671)C5OC1C(C(=O)Oc2c(CO)[nH]c5ccc6cc7ccccc7cc6c25)OC(O)(C3O)C41O. The Hall–Kier alpha value is -2.75. The molecule has 19 unspecified atom stereocenters. The molecule has 8 heterocycles. The van der Waals surface area contributed by atoms with E-state index in [-0.39, 0.29) is 57.4 Å². The van der Waals surface area contributed by atoms with Crippen molar-refractivity contribution in [3.8, 4) is 11.5 Å². The fraction of sp³-hybridized carbons (Fsp3) is 0.617. The molecule has 0 radical (unpaired) electrons. The molecule has 5 saturated heterocycles. The minimum atomic E-state index is -2.66. The van der Waals surface area contributed by atoms with Crippen LogP contribution in [0.15, 0.2) is 66.7 Å². The molecular formula is C60H71N3O10S4. The van der Waals surface area contributed by atoms with Gasteiger partial charge >= 0.3 is 5.97 Å². The van der Waals surface area contributed by atoms with E-state index >= 15 is 4.79 Å². The standard InChI is InChI=1S/C60H71N3O10S4/c1-61-46-27-74-77-48-28-75-76-47(25-62-34-9-3-2-4-10-34)41-24-43-39-23-40(46)52(66)57(18-17-32-12-13-33-21-38(48)37-22-35(65)14-15-42(37)58(32,33)57)54(39)72-55-51(73-60(70,53(41)67)59(43,55)69)56(68)71-50-45(26-64)63-44-16-11-31-19-29-7-5-6-8-30(29)20-36(31)49(44)50/h5-8,11,14-16,19-20,22,32-34,38-41,43,46-48,51-55,61-67,69-70H,2-4,9-10,12-13,17-18,21,23-28H2,1H3. The summed E-state index contributed by atoms with van der Waals surface area (Å²) in [7, 11) is 9.41. The Labute approximate surface area is 464 Å². The molecule has 10 fully saturated rings. The highest BCUT2D eigenvalue weighted by atomic mass is 33.1. The van der Waals surface area contributed by atoms with Gasteiger partial charge in [-0.1, -0.05) is 98.8 Å². The molecule has 0 amide bonds. The number of benzene rings is 4. The number of carbonyl (C=O) groups excluding carboxylic acids is 1. The number of hydrogen-bond donors (Lipinski definition) is 9. The van der Waals surface area contributed by atoms with Crippen molar-refractivity contribution in [1.29, 1.82) is 0 Å².